The van der Waals surface area contributed by atoms with Crippen molar-refractivity contribution in [3.8, 4) is 0 Å². The predicted molar refractivity (Wildman–Crippen MR) is 123 cm³/mol. The number of hydrogen-bond donors (Lipinski definition) is 0. The molecule has 8 nitrogen and oxygen atoms in total. The normalized spacial score (nSPS) is 25.2. The van der Waals surface area contributed by atoms with Crippen molar-refractivity contribution in [2.24, 2.45) is 5.41 Å². The van der Waals surface area contributed by atoms with Crippen molar-refractivity contribution in [1.82, 2.24) is 9.80 Å². The summed E-state index contributed by atoms with van der Waals surface area (Å²) in [7, 11) is 1.71. The molecule has 2 fully saturated rings. The van der Waals surface area contributed by atoms with Crippen LogP contribution in [0.3, 0.4) is 0 Å². The van der Waals surface area contributed by atoms with Gasteiger partial charge in [-0.2, -0.15) is 0 Å². The van der Waals surface area contributed by atoms with Gasteiger partial charge in [0.2, 0.25) is 5.91 Å². The Labute approximate surface area is 199 Å². The van der Waals surface area contributed by atoms with Crippen molar-refractivity contribution in [2.45, 2.75) is 58.8 Å². The number of esters is 2. The average molecular weight is 469 g/mol. The highest BCUT2D eigenvalue weighted by atomic mass is 16.6. The number of nitrogens with zero attached hydrogens (tertiary/aromatic N) is 2. The molecular weight excluding hydrogens is 436 g/mol. The van der Waals surface area contributed by atoms with Gasteiger partial charge in [-0.15, -0.1) is 0 Å². The molecule has 5 rings (SSSR count). The molecule has 2 atom stereocenters. The van der Waals surface area contributed by atoms with Crippen LogP contribution in [0.5, 0.6) is 0 Å². The lowest BCUT2D eigenvalue weighted by molar-refractivity contribution is -0.141. The van der Waals surface area contributed by atoms with Gasteiger partial charge in [0.15, 0.2) is 0 Å². The molecular formula is C26H32N2O6. The Morgan fingerprint density at radius 1 is 1.09 bits per heavy atom. The van der Waals surface area contributed by atoms with Gasteiger partial charge in [0.05, 0.1) is 28.4 Å². The van der Waals surface area contributed by atoms with Gasteiger partial charge >= 0.3 is 11.9 Å². The third-order valence-corrected chi connectivity index (χ3v) is 8.24. The van der Waals surface area contributed by atoms with Crippen LogP contribution >= 0.6 is 0 Å². The maximum atomic E-state index is 13.5. The summed E-state index contributed by atoms with van der Waals surface area (Å²) in [5.74, 6) is -0.451. The predicted octanol–water partition coefficient (Wildman–Crippen LogP) is 2.89. The Kier molecular flexibility index (Phi) is 5.76. The number of piperidine rings is 1. The molecule has 0 aromatic heterocycles. The van der Waals surface area contributed by atoms with Gasteiger partial charge in [-0.25, -0.2) is 9.59 Å². The second-order valence-corrected chi connectivity index (χ2v) is 9.95. The topological polar surface area (TPSA) is 85.4 Å². The molecule has 34 heavy (non-hydrogen) atoms. The molecule has 2 saturated heterocycles. The van der Waals surface area contributed by atoms with Crippen LogP contribution < -0.4 is 0 Å². The van der Waals surface area contributed by atoms with Crippen molar-refractivity contribution in [3.05, 3.63) is 45.7 Å². The minimum Gasteiger partial charge on any atom is -0.457 e. The molecule has 0 aliphatic carbocycles. The molecule has 1 spiro atoms. The number of fused-ring (bicyclic) bond motifs is 1. The number of likely N-dealkylation sites (tertiary alicyclic amines) is 2. The number of amides is 1. The molecule has 8 heteroatoms. The molecule has 4 heterocycles. The molecule has 182 valence electrons. The van der Waals surface area contributed by atoms with Crippen LogP contribution in [-0.4, -0.2) is 67.0 Å². The van der Waals surface area contributed by atoms with Crippen LogP contribution in [0, 0.1) is 12.3 Å². The van der Waals surface area contributed by atoms with Crippen molar-refractivity contribution in [3.63, 3.8) is 0 Å². The maximum Gasteiger partial charge on any atom is 0.338 e. The van der Waals surface area contributed by atoms with Crippen LogP contribution in [0.1, 0.15) is 66.3 Å². The second kappa shape index (κ2) is 8.50. The van der Waals surface area contributed by atoms with Crippen molar-refractivity contribution in [2.75, 3.05) is 33.3 Å². The number of hydrogen-bond acceptors (Lipinski definition) is 7. The molecule has 0 saturated carbocycles. The standard InChI is InChI=1S/C26H32N2O6/c1-15-18(5-6-19-20(15)14-33-24(19)30)21(32-4)13-27-10-7-26(8-11-27)9-12-28(25(26)31)22-16(2)23(29)34-17(22)3/h5-6,17,21H,7-14H2,1-4H3/t17?,21-/m0/s1. The van der Waals surface area contributed by atoms with E-state index in [0.29, 0.717) is 24.3 Å². The largest absolute Gasteiger partial charge is 0.457 e. The number of ether oxygens (including phenoxy) is 3. The zero-order valence-corrected chi connectivity index (χ0v) is 20.3. The average Bonchev–Trinajstić information content (AvgIpc) is 3.43. The minimum atomic E-state index is -0.370. The van der Waals surface area contributed by atoms with Crippen molar-refractivity contribution >= 4 is 17.8 Å². The summed E-state index contributed by atoms with van der Waals surface area (Å²) in [6, 6.07) is 3.81. The SMILES string of the molecule is CO[C@@H](CN1CCC2(CC1)CCN(C1=C(C)C(=O)OC1C)C2=O)c1ccc2c(c1C)COC2=O. The second-order valence-electron chi connectivity index (χ2n) is 9.95. The number of carbonyl (C=O) groups excluding carboxylic acids is 3. The highest BCUT2D eigenvalue weighted by Crippen LogP contribution is 2.45. The number of carbonyl (C=O) groups is 3. The summed E-state index contributed by atoms with van der Waals surface area (Å²) in [5, 5.41) is 0. The lowest BCUT2D eigenvalue weighted by atomic mass is 9.77. The van der Waals surface area contributed by atoms with E-state index < -0.39 is 0 Å². The molecule has 0 bridgehead atoms. The molecule has 0 radical (unpaired) electrons. The summed E-state index contributed by atoms with van der Waals surface area (Å²) in [4.78, 5) is 41.5. The highest BCUT2D eigenvalue weighted by molar-refractivity contribution is 5.95. The monoisotopic (exact) mass is 468 g/mol. The van der Waals surface area contributed by atoms with E-state index in [0.717, 1.165) is 61.3 Å². The van der Waals surface area contributed by atoms with Gasteiger partial charge in [-0.05, 0) is 70.3 Å². The fourth-order valence-electron chi connectivity index (χ4n) is 6.06. The molecule has 1 aromatic carbocycles. The summed E-state index contributed by atoms with van der Waals surface area (Å²) < 4.78 is 16.4. The van der Waals surface area contributed by atoms with E-state index in [1.54, 1.807) is 18.9 Å². The third kappa shape index (κ3) is 3.55. The summed E-state index contributed by atoms with van der Waals surface area (Å²) >= 11 is 0. The Morgan fingerprint density at radius 2 is 1.79 bits per heavy atom. The van der Waals surface area contributed by atoms with E-state index in [1.807, 2.05) is 26.0 Å². The number of cyclic esters (lactones) is 2. The Bertz CT molecular complexity index is 1090. The van der Waals surface area contributed by atoms with Gasteiger partial charge in [0, 0.05) is 25.8 Å². The van der Waals surface area contributed by atoms with Crippen LogP contribution in [0.2, 0.25) is 0 Å². The first-order valence-corrected chi connectivity index (χ1v) is 12.0. The summed E-state index contributed by atoms with van der Waals surface area (Å²) in [6.45, 7) is 8.91. The van der Waals surface area contributed by atoms with E-state index in [2.05, 4.69) is 4.90 Å². The van der Waals surface area contributed by atoms with Crippen LogP contribution in [0.15, 0.2) is 23.4 Å². The van der Waals surface area contributed by atoms with Gasteiger partial charge in [0.1, 0.15) is 12.7 Å². The molecule has 1 unspecified atom stereocenters. The van der Waals surface area contributed by atoms with Gasteiger partial charge in [0.25, 0.3) is 0 Å². The van der Waals surface area contributed by atoms with E-state index >= 15 is 0 Å². The van der Waals surface area contributed by atoms with Crippen LogP contribution in [0.4, 0.5) is 0 Å². The van der Waals surface area contributed by atoms with Crippen LogP contribution in [0.25, 0.3) is 0 Å². The Morgan fingerprint density at radius 3 is 2.44 bits per heavy atom. The molecule has 4 aliphatic heterocycles. The zero-order chi connectivity index (χ0) is 24.2. The summed E-state index contributed by atoms with van der Waals surface area (Å²) in [5.41, 5.74) is 4.65. The van der Waals surface area contributed by atoms with E-state index in [4.69, 9.17) is 14.2 Å². The van der Waals surface area contributed by atoms with Gasteiger partial charge < -0.3 is 24.0 Å². The van der Waals surface area contributed by atoms with E-state index in [9.17, 15) is 14.4 Å². The molecule has 1 amide bonds. The van der Waals surface area contributed by atoms with E-state index in [1.165, 1.54) is 0 Å². The first kappa shape index (κ1) is 23.1. The fraction of sp³-hybridized carbons (Fsp3) is 0.577. The van der Waals surface area contributed by atoms with Crippen molar-refractivity contribution in [1.29, 1.82) is 0 Å². The molecule has 0 N–H and O–H groups in total. The fourth-order valence-corrected chi connectivity index (χ4v) is 6.06. The number of methoxy groups -OCH3 is 1. The Balaban J connectivity index is 1.26. The quantitative estimate of drug-likeness (QED) is 0.615. The van der Waals surface area contributed by atoms with Gasteiger partial charge in [-0.1, -0.05) is 6.07 Å². The van der Waals surface area contributed by atoms with Crippen molar-refractivity contribution < 1.29 is 28.6 Å². The summed E-state index contributed by atoms with van der Waals surface area (Å²) in [6.07, 6.45) is 1.90. The number of rotatable bonds is 5. The lowest BCUT2D eigenvalue weighted by Gasteiger charge is -2.39. The van der Waals surface area contributed by atoms with Gasteiger partial charge in [-0.3, -0.25) is 4.79 Å². The maximum absolute atomic E-state index is 13.5. The zero-order valence-electron chi connectivity index (χ0n) is 20.3. The highest BCUT2D eigenvalue weighted by Gasteiger charge is 2.51. The smallest absolute Gasteiger partial charge is 0.338 e. The molecule has 4 aliphatic rings. The first-order chi connectivity index (χ1) is 16.3. The number of benzene rings is 1. The molecule has 1 aromatic rings. The van der Waals surface area contributed by atoms with Crippen LogP contribution in [-0.2, 0) is 30.4 Å². The third-order valence-electron chi connectivity index (χ3n) is 8.24. The Hall–Kier alpha value is -2.71. The van der Waals surface area contributed by atoms with E-state index in [-0.39, 0.29) is 35.5 Å². The first-order valence-electron chi connectivity index (χ1n) is 12.0. The minimum absolute atomic E-state index is 0.124. The lowest BCUT2D eigenvalue weighted by Crippen LogP contribution is -2.46.